The van der Waals surface area contributed by atoms with Crippen molar-refractivity contribution < 1.29 is 4.79 Å². The first-order valence-corrected chi connectivity index (χ1v) is 14.7. The Labute approximate surface area is 197 Å². The van der Waals surface area contributed by atoms with E-state index in [1.54, 1.807) is 5.57 Å². The van der Waals surface area contributed by atoms with E-state index in [0.29, 0.717) is 21.8 Å². The smallest absolute Gasteiger partial charge is 0.129 e. The Kier molecular flexibility index (Phi) is 7.67. The van der Waals surface area contributed by atoms with Gasteiger partial charge in [-0.1, -0.05) is 58.6 Å². The minimum absolute atomic E-state index is 0.441. The van der Waals surface area contributed by atoms with Gasteiger partial charge in [0.25, 0.3) is 0 Å². The number of hydrogen-bond acceptors (Lipinski definition) is 2. The molecule has 7 unspecified atom stereocenters. The summed E-state index contributed by atoms with van der Waals surface area (Å²) < 4.78 is 0. The Hall–Kier alpha value is -0.240. The molecule has 0 heterocycles. The normalized spacial score (nSPS) is 42.4. The molecule has 0 aromatic carbocycles. The van der Waals surface area contributed by atoms with Crippen LogP contribution in [0.25, 0.3) is 0 Å². The average Bonchev–Trinajstić information content (AvgIpc) is 2.98. The maximum absolute atomic E-state index is 10.9. The van der Waals surface area contributed by atoms with Gasteiger partial charge in [0.15, 0.2) is 0 Å². The van der Waals surface area contributed by atoms with Crippen molar-refractivity contribution in [1.29, 1.82) is 0 Å². The summed E-state index contributed by atoms with van der Waals surface area (Å²) >= 11 is 1.92. The van der Waals surface area contributed by atoms with Crippen LogP contribution >= 0.6 is 11.8 Å². The second kappa shape index (κ2) is 9.94. The van der Waals surface area contributed by atoms with Gasteiger partial charge in [-0.3, -0.25) is 0 Å². The molecule has 0 spiro atoms. The Bertz CT molecular complexity index is 653. The fraction of sp³-hybridized carbons (Fsp3) is 0.897. The number of aldehydes is 1. The third-order valence-electron chi connectivity index (χ3n) is 10.5. The van der Waals surface area contributed by atoms with E-state index in [1.807, 2.05) is 11.8 Å². The Morgan fingerprint density at radius 2 is 1.90 bits per heavy atom. The van der Waals surface area contributed by atoms with Crippen LogP contribution in [0.3, 0.4) is 0 Å². The molecule has 1 nitrogen and oxygen atoms in total. The number of unbranched alkanes of at least 4 members (excludes halogenated alkanes) is 1. The SMILES string of the molecule is CC(C)CCCCC1CCC2C3CC=C4CCC(SCC=O)CCC4(C)C3CCC12C. The van der Waals surface area contributed by atoms with Crippen molar-refractivity contribution in [1.82, 2.24) is 0 Å². The van der Waals surface area contributed by atoms with Crippen LogP contribution in [-0.4, -0.2) is 17.3 Å². The quantitative estimate of drug-likeness (QED) is 0.212. The standard InChI is InChI=1S/C29H48OS/c1-21(2)7-5-6-8-22-11-14-26-25-13-10-23-9-12-24(31-20-19-30)15-17-28(23,3)27(25)16-18-29(22,26)4/h10,19,21-22,24-27H,5-9,11-18,20H2,1-4H3. The van der Waals surface area contributed by atoms with E-state index in [1.165, 1.54) is 83.5 Å². The zero-order chi connectivity index (χ0) is 22.1. The third-order valence-corrected chi connectivity index (χ3v) is 11.8. The van der Waals surface area contributed by atoms with Gasteiger partial charge in [-0.25, -0.2) is 0 Å². The Balaban J connectivity index is 1.43. The second-order valence-electron chi connectivity index (χ2n) is 12.5. The first kappa shape index (κ1) is 23.9. The van der Waals surface area contributed by atoms with E-state index in [2.05, 4.69) is 33.8 Å². The molecule has 0 bridgehead atoms. The van der Waals surface area contributed by atoms with Gasteiger partial charge in [0.05, 0.1) is 0 Å². The number of carbonyl (C=O) groups excluding carboxylic acids is 1. The summed E-state index contributed by atoms with van der Waals surface area (Å²) in [6.07, 6.45) is 22.2. The molecule has 31 heavy (non-hydrogen) atoms. The number of hydrogen-bond donors (Lipinski definition) is 0. The molecule has 0 amide bonds. The maximum atomic E-state index is 10.9. The summed E-state index contributed by atoms with van der Waals surface area (Å²) in [6.45, 7) is 10.1. The lowest BCUT2D eigenvalue weighted by Crippen LogP contribution is -2.48. The fourth-order valence-electron chi connectivity index (χ4n) is 8.68. The van der Waals surface area contributed by atoms with E-state index in [4.69, 9.17) is 0 Å². The van der Waals surface area contributed by atoms with Gasteiger partial charge >= 0.3 is 0 Å². The molecule has 3 saturated carbocycles. The molecule has 0 radical (unpaired) electrons. The lowest BCUT2D eigenvalue weighted by Gasteiger charge is -2.56. The van der Waals surface area contributed by atoms with Crippen molar-refractivity contribution in [3.8, 4) is 0 Å². The summed E-state index contributed by atoms with van der Waals surface area (Å²) in [5.41, 5.74) is 2.86. The van der Waals surface area contributed by atoms with E-state index in [9.17, 15) is 4.79 Å². The van der Waals surface area contributed by atoms with Crippen LogP contribution in [0.2, 0.25) is 0 Å². The molecule has 0 aromatic rings. The van der Waals surface area contributed by atoms with Crippen LogP contribution in [-0.2, 0) is 4.79 Å². The van der Waals surface area contributed by atoms with Crippen LogP contribution < -0.4 is 0 Å². The Morgan fingerprint density at radius 3 is 2.68 bits per heavy atom. The minimum atomic E-state index is 0.441. The molecule has 0 aliphatic heterocycles. The molecule has 4 aliphatic carbocycles. The second-order valence-corrected chi connectivity index (χ2v) is 13.8. The van der Waals surface area contributed by atoms with Gasteiger partial charge in [0, 0.05) is 11.0 Å². The molecule has 3 fully saturated rings. The largest absolute Gasteiger partial charge is 0.302 e. The first-order valence-electron chi connectivity index (χ1n) is 13.6. The highest BCUT2D eigenvalue weighted by molar-refractivity contribution is 8.00. The van der Waals surface area contributed by atoms with Crippen molar-refractivity contribution in [2.45, 2.75) is 116 Å². The number of carbonyl (C=O) groups is 1. The van der Waals surface area contributed by atoms with Gasteiger partial charge in [0.2, 0.25) is 0 Å². The summed E-state index contributed by atoms with van der Waals surface area (Å²) in [6, 6.07) is 0. The monoisotopic (exact) mass is 444 g/mol. The van der Waals surface area contributed by atoms with Crippen molar-refractivity contribution in [3.63, 3.8) is 0 Å². The van der Waals surface area contributed by atoms with Crippen LogP contribution in [0.1, 0.15) is 111 Å². The van der Waals surface area contributed by atoms with Crippen LogP contribution in [0.5, 0.6) is 0 Å². The molecule has 0 saturated heterocycles. The van der Waals surface area contributed by atoms with Gasteiger partial charge in [-0.15, -0.1) is 0 Å². The van der Waals surface area contributed by atoms with E-state index >= 15 is 0 Å². The topological polar surface area (TPSA) is 17.1 Å². The lowest BCUT2D eigenvalue weighted by atomic mass is 9.48. The lowest BCUT2D eigenvalue weighted by molar-refractivity contribution is -0.105. The fourth-order valence-corrected chi connectivity index (χ4v) is 9.60. The molecule has 0 aromatic heterocycles. The molecule has 0 N–H and O–H groups in total. The van der Waals surface area contributed by atoms with E-state index in [-0.39, 0.29) is 0 Å². The molecule has 176 valence electrons. The zero-order valence-electron chi connectivity index (χ0n) is 20.8. The predicted octanol–water partition coefficient (Wildman–Crippen LogP) is 8.47. The van der Waals surface area contributed by atoms with Crippen molar-refractivity contribution in [3.05, 3.63) is 11.6 Å². The van der Waals surface area contributed by atoms with Crippen molar-refractivity contribution in [2.24, 2.45) is 40.4 Å². The van der Waals surface area contributed by atoms with Gasteiger partial charge < -0.3 is 4.79 Å². The minimum Gasteiger partial charge on any atom is -0.302 e. The van der Waals surface area contributed by atoms with Crippen LogP contribution in [0.4, 0.5) is 0 Å². The predicted molar refractivity (Wildman–Crippen MR) is 135 cm³/mol. The molecule has 7 atom stereocenters. The molecular weight excluding hydrogens is 396 g/mol. The zero-order valence-corrected chi connectivity index (χ0v) is 21.7. The van der Waals surface area contributed by atoms with Crippen LogP contribution in [0.15, 0.2) is 11.6 Å². The van der Waals surface area contributed by atoms with Gasteiger partial charge in [0.1, 0.15) is 6.29 Å². The molecule has 4 rings (SSSR count). The number of rotatable bonds is 8. The summed E-state index contributed by atoms with van der Waals surface area (Å²) in [5, 5.41) is 0.697. The molecule has 4 aliphatic rings. The van der Waals surface area contributed by atoms with Gasteiger partial charge in [-0.05, 0) is 105 Å². The molecule has 2 heteroatoms. The molecular formula is C29H48OS. The summed E-state index contributed by atoms with van der Waals surface area (Å²) in [5.74, 6) is 5.36. The highest BCUT2D eigenvalue weighted by Crippen LogP contribution is 2.66. The van der Waals surface area contributed by atoms with E-state index < -0.39 is 0 Å². The van der Waals surface area contributed by atoms with Crippen LogP contribution in [0, 0.1) is 40.4 Å². The third kappa shape index (κ3) is 4.71. The number of fused-ring (bicyclic) bond motifs is 5. The Morgan fingerprint density at radius 1 is 1.06 bits per heavy atom. The average molecular weight is 445 g/mol. The first-order chi connectivity index (χ1) is 14.9. The number of allylic oxidation sites excluding steroid dienone is 2. The number of thioether (sulfide) groups is 1. The maximum Gasteiger partial charge on any atom is 0.129 e. The highest BCUT2D eigenvalue weighted by Gasteiger charge is 2.57. The summed E-state index contributed by atoms with van der Waals surface area (Å²) in [7, 11) is 0. The van der Waals surface area contributed by atoms with Crippen molar-refractivity contribution in [2.75, 3.05) is 5.75 Å². The van der Waals surface area contributed by atoms with Gasteiger partial charge in [-0.2, -0.15) is 11.8 Å². The van der Waals surface area contributed by atoms with Crippen molar-refractivity contribution >= 4 is 18.0 Å². The summed E-state index contributed by atoms with van der Waals surface area (Å²) in [4.78, 5) is 10.9. The highest BCUT2D eigenvalue weighted by atomic mass is 32.2. The van der Waals surface area contributed by atoms with E-state index in [0.717, 1.165) is 35.9 Å².